The summed E-state index contributed by atoms with van der Waals surface area (Å²) in [5.41, 5.74) is 16.4. The number of hydrogen-bond acceptors (Lipinski definition) is 6. The molecule has 0 aromatic heterocycles. The quantitative estimate of drug-likeness (QED) is 0.443. The van der Waals surface area contributed by atoms with Crippen molar-refractivity contribution in [2.75, 3.05) is 0 Å². The summed E-state index contributed by atoms with van der Waals surface area (Å²) in [7, 11) is 0. The summed E-state index contributed by atoms with van der Waals surface area (Å²) in [5, 5.41) is 9.94. The van der Waals surface area contributed by atoms with Gasteiger partial charge in [-0.2, -0.15) is 0 Å². The summed E-state index contributed by atoms with van der Waals surface area (Å²) in [6, 6.07) is 16.1. The number of hydrogen-bond donors (Lipinski definition) is 4. The first-order valence-corrected chi connectivity index (χ1v) is 10.4. The van der Waals surface area contributed by atoms with Gasteiger partial charge in [0.05, 0.1) is 12.1 Å². The number of ketones is 2. The molecule has 2 aromatic carbocycles. The fraction of sp³-hybridized carbons (Fsp3) is 0.375. The molecule has 1 aliphatic rings. The summed E-state index contributed by atoms with van der Waals surface area (Å²) >= 11 is 0. The largest absolute Gasteiger partial charge is 0.480 e. The predicted octanol–water partition coefficient (Wildman–Crippen LogP) is 1.22. The molecule has 7 nitrogen and oxygen atoms in total. The Hall–Kier alpha value is -2.87. The zero-order valence-corrected chi connectivity index (χ0v) is 17.4. The lowest BCUT2D eigenvalue weighted by atomic mass is 9.62. The van der Waals surface area contributed by atoms with Gasteiger partial charge in [0.25, 0.3) is 0 Å². The van der Waals surface area contributed by atoms with E-state index in [4.69, 9.17) is 17.2 Å². The van der Waals surface area contributed by atoms with Gasteiger partial charge >= 0.3 is 5.97 Å². The van der Waals surface area contributed by atoms with Crippen molar-refractivity contribution in [3.63, 3.8) is 0 Å². The molecule has 0 radical (unpaired) electrons. The highest BCUT2D eigenvalue weighted by Gasteiger charge is 2.67. The highest BCUT2D eigenvalue weighted by Crippen LogP contribution is 2.48. The van der Waals surface area contributed by atoms with E-state index in [1.807, 2.05) is 60.7 Å². The summed E-state index contributed by atoms with van der Waals surface area (Å²) < 4.78 is 0. The molecule has 1 saturated carbocycles. The topological polar surface area (TPSA) is 150 Å². The van der Waals surface area contributed by atoms with Gasteiger partial charge < -0.3 is 22.3 Å². The molecule has 3 unspecified atom stereocenters. The van der Waals surface area contributed by atoms with Crippen LogP contribution in [0.1, 0.15) is 30.4 Å². The Kier molecular flexibility index (Phi) is 6.69. The van der Waals surface area contributed by atoms with Crippen LogP contribution in [0.2, 0.25) is 0 Å². The summed E-state index contributed by atoms with van der Waals surface area (Å²) in [5.74, 6) is -2.68. The molecule has 3 atom stereocenters. The molecule has 31 heavy (non-hydrogen) atoms. The average molecular weight is 424 g/mol. The third-order valence-electron chi connectivity index (χ3n) is 6.38. The Morgan fingerprint density at radius 3 is 1.61 bits per heavy atom. The normalized spacial score (nSPS) is 25.0. The van der Waals surface area contributed by atoms with Crippen LogP contribution >= 0.6 is 0 Å². The van der Waals surface area contributed by atoms with Crippen molar-refractivity contribution in [1.29, 1.82) is 0 Å². The van der Waals surface area contributed by atoms with Gasteiger partial charge in [0.2, 0.25) is 0 Å². The van der Waals surface area contributed by atoms with Crippen LogP contribution in [0.25, 0.3) is 0 Å². The van der Waals surface area contributed by atoms with E-state index in [2.05, 4.69) is 0 Å². The third kappa shape index (κ3) is 4.17. The van der Waals surface area contributed by atoms with Crippen LogP contribution in [0, 0.1) is 5.41 Å². The van der Waals surface area contributed by atoms with Crippen molar-refractivity contribution in [1.82, 2.24) is 0 Å². The molecule has 1 aliphatic carbocycles. The second kappa shape index (κ2) is 9.09. The van der Waals surface area contributed by atoms with Crippen LogP contribution in [-0.2, 0) is 27.2 Å². The van der Waals surface area contributed by atoms with Crippen LogP contribution in [0.5, 0.6) is 0 Å². The first-order chi connectivity index (χ1) is 14.7. The smallest absolute Gasteiger partial charge is 0.325 e. The van der Waals surface area contributed by atoms with Crippen molar-refractivity contribution < 1.29 is 19.5 Å². The van der Waals surface area contributed by atoms with Crippen molar-refractivity contribution in [3.05, 3.63) is 71.8 Å². The SMILES string of the molecule is NC(Cc1ccccc1)C(=O)C1(C(=O)C(N)Cc2ccccc2)CCCC1(N)C(=O)O. The third-order valence-corrected chi connectivity index (χ3v) is 6.38. The van der Waals surface area contributed by atoms with Crippen LogP contribution in [0.15, 0.2) is 60.7 Å². The number of carboxylic acids is 1. The molecule has 7 heteroatoms. The Labute approximate surface area is 181 Å². The molecule has 0 saturated heterocycles. The van der Waals surface area contributed by atoms with E-state index in [1.165, 1.54) is 0 Å². The van der Waals surface area contributed by atoms with Crippen LogP contribution in [0.3, 0.4) is 0 Å². The molecule has 7 N–H and O–H groups in total. The molecule has 0 bridgehead atoms. The van der Waals surface area contributed by atoms with Gasteiger partial charge in [0, 0.05) is 0 Å². The van der Waals surface area contributed by atoms with E-state index in [1.54, 1.807) is 0 Å². The van der Waals surface area contributed by atoms with Crippen molar-refractivity contribution >= 4 is 17.5 Å². The Balaban J connectivity index is 1.96. The molecule has 0 amide bonds. The zero-order chi connectivity index (χ0) is 22.6. The van der Waals surface area contributed by atoms with E-state index in [-0.39, 0.29) is 25.7 Å². The predicted molar refractivity (Wildman–Crippen MR) is 117 cm³/mol. The van der Waals surface area contributed by atoms with E-state index in [0.717, 1.165) is 11.1 Å². The van der Waals surface area contributed by atoms with Gasteiger partial charge in [-0.1, -0.05) is 60.7 Å². The number of carbonyl (C=O) groups is 3. The van der Waals surface area contributed by atoms with Gasteiger partial charge in [0.15, 0.2) is 11.6 Å². The highest BCUT2D eigenvalue weighted by molar-refractivity contribution is 6.16. The standard InChI is InChI=1S/C24H29N3O4/c25-18(14-16-8-3-1-4-9-16)20(28)23(12-7-13-24(23,27)22(30)31)21(29)19(26)15-17-10-5-2-6-11-17/h1-6,8-11,18-19H,7,12-15,25-27H2,(H,30,31). The molecular formula is C24H29N3O4. The van der Waals surface area contributed by atoms with Gasteiger partial charge in [-0.3, -0.25) is 14.4 Å². The number of carbonyl (C=O) groups excluding carboxylic acids is 2. The van der Waals surface area contributed by atoms with E-state index in [9.17, 15) is 19.5 Å². The fourth-order valence-corrected chi connectivity index (χ4v) is 4.72. The Morgan fingerprint density at radius 1 is 0.806 bits per heavy atom. The molecule has 0 aliphatic heterocycles. The second-order valence-electron chi connectivity index (χ2n) is 8.36. The van der Waals surface area contributed by atoms with Crippen LogP contribution < -0.4 is 17.2 Å². The molecule has 164 valence electrons. The van der Waals surface area contributed by atoms with Crippen molar-refractivity contribution in [3.8, 4) is 0 Å². The van der Waals surface area contributed by atoms with Crippen molar-refractivity contribution in [2.24, 2.45) is 22.6 Å². The monoisotopic (exact) mass is 423 g/mol. The lowest BCUT2D eigenvalue weighted by Crippen LogP contribution is -2.69. The molecule has 2 aromatic rings. The van der Waals surface area contributed by atoms with Gasteiger partial charge in [-0.05, 0) is 43.2 Å². The number of aliphatic carboxylic acids is 1. The fourth-order valence-electron chi connectivity index (χ4n) is 4.72. The van der Waals surface area contributed by atoms with E-state index >= 15 is 0 Å². The number of carboxylic acid groups (broad SMARTS) is 1. The number of Topliss-reactive ketones (excluding diaryl/α,β-unsaturated/α-hetero) is 2. The average Bonchev–Trinajstić information content (AvgIpc) is 3.13. The maximum Gasteiger partial charge on any atom is 0.325 e. The highest BCUT2D eigenvalue weighted by atomic mass is 16.4. The van der Waals surface area contributed by atoms with Gasteiger partial charge in [0.1, 0.15) is 11.0 Å². The molecule has 0 spiro atoms. The first-order valence-electron chi connectivity index (χ1n) is 10.4. The minimum absolute atomic E-state index is 0.00985. The van der Waals surface area contributed by atoms with Crippen molar-refractivity contribution in [2.45, 2.75) is 49.7 Å². The first kappa shape index (κ1) is 22.8. The van der Waals surface area contributed by atoms with Gasteiger partial charge in [-0.15, -0.1) is 0 Å². The van der Waals surface area contributed by atoms with Gasteiger partial charge in [-0.25, -0.2) is 0 Å². The van der Waals surface area contributed by atoms with Crippen LogP contribution in [-0.4, -0.2) is 40.3 Å². The summed E-state index contributed by atoms with van der Waals surface area (Å²) in [6.07, 6.45) is 0.724. The molecule has 3 rings (SSSR count). The molecule has 0 heterocycles. The Morgan fingerprint density at radius 2 is 1.23 bits per heavy atom. The maximum atomic E-state index is 13.6. The Bertz CT molecular complexity index is 888. The minimum atomic E-state index is -2.04. The van der Waals surface area contributed by atoms with E-state index < -0.39 is 40.6 Å². The molecule has 1 fully saturated rings. The van der Waals surface area contributed by atoms with E-state index in [0.29, 0.717) is 6.42 Å². The number of nitrogens with two attached hydrogens (primary N) is 3. The van der Waals surface area contributed by atoms with Crippen LogP contribution in [0.4, 0.5) is 0 Å². The zero-order valence-electron chi connectivity index (χ0n) is 17.4. The molecular weight excluding hydrogens is 394 g/mol. The number of benzene rings is 2. The second-order valence-corrected chi connectivity index (χ2v) is 8.36. The lowest BCUT2D eigenvalue weighted by molar-refractivity contribution is -0.159. The minimum Gasteiger partial charge on any atom is -0.480 e. The summed E-state index contributed by atoms with van der Waals surface area (Å²) in [6.45, 7) is 0. The summed E-state index contributed by atoms with van der Waals surface area (Å²) in [4.78, 5) is 39.5. The maximum absolute atomic E-state index is 13.6. The number of rotatable bonds is 9. The lowest BCUT2D eigenvalue weighted by Gasteiger charge is -2.40.